The van der Waals surface area contributed by atoms with E-state index >= 15 is 0 Å². The summed E-state index contributed by atoms with van der Waals surface area (Å²) >= 11 is 0. The van der Waals surface area contributed by atoms with Gasteiger partial charge in [0.2, 0.25) is 0 Å². The number of nitrogens with zero attached hydrogens (tertiary/aromatic N) is 2. The molecule has 0 amide bonds. The highest BCUT2D eigenvalue weighted by atomic mass is 16.3. The van der Waals surface area contributed by atoms with E-state index in [2.05, 4.69) is 60.2 Å². The molecule has 0 spiro atoms. The minimum Gasteiger partial charge on any atom is -0.456 e. The largest absolute Gasteiger partial charge is 0.456 e. The Labute approximate surface area is 150 Å². The molecule has 0 radical (unpaired) electrons. The first-order valence-electron chi connectivity index (χ1n) is 8.84. The molecule has 5 aromatic rings. The molecule has 3 heteroatoms. The quantitative estimate of drug-likeness (QED) is 0.357. The van der Waals surface area contributed by atoms with Crippen LogP contribution in [0.5, 0.6) is 0 Å². The van der Waals surface area contributed by atoms with E-state index in [0.29, 0.717) is 0 Å². The van der Waals surface area contributed by atoms with Gasteiger partial charge in [0.05, 0.1) is 5.69 Å². The van der Waals surface area contributed by atoms with Crippen LogP contribution in [0, 0.1) is 0 Å². The minimum absolute atomic E-state index is 0.121. The molecule has 1 aliphatic carbocycles. The lowest BCUT2D eigenvalue weighted by Gasteiger charge is -2.21. The van der Waals surface area contributed by atoms with Gasteiger partial charge in [0.1, 0.15) is 11.2 Å². The number of pyridine rings is 2. The van der Waals surface area contributed by atoms with Gasteiger partial charge in [0, 0.05) is 45.7 Å². The summed E-state index contributed by atoms with van der Waals surface area (Å²) in [6, 6.07) is 14.7. The van der Waals surface area contributed by atoms with Gasteiger partial charge in [0.25, 0.3) is 0 Å². The Bertz CT molecular complexity index is 1360. The average molecular weight is 336 g/mol. The SMILES string of the molecule is CC1(C)c2cccnc2-c2ccc3oc4ccc5cnccc5c4c3c21. The van der Waals surface area contributed by atoms with Crippen molar-refractivity contribution in [1.29, 1.82) is 0 Å². The molecule has 3 aromatic heterocycles. The molecule has 0 atom stereocenters. The number of benzene rings is 2. The van der Waals surface area contributed by atoms with E-state index < -0.39 is 0 Å². The van der Waals surface area contributed by atoms with Crippen LogP contribution < -0.4 is 0 Å². The first-order valence-corrected chi connectivity index (χ1v) is 8.84. The topological polar surface area (TPSA) is 38.9 Å². The van der Waals surface area contributed by atoms with Gasteiger partial charge in [-0.15, -0.1) is 0 Å². The third-order valence-corrected chi connectivity index (χ3v) is 5.78. The van der Waals surface area contributed by atoms with Crippen molar-refractivity contribution in [2.75, 3.05) is 0 Å². The smallest absolute Gasteiger partial charge is 0.136 e. The van der Waals surface area contributed by atoms with Crippen LogP contribution in [0.4, 0.5) is 0 Å². The van der Waals surface area contributed by atoms with Crippen molar-refractivity contribution in [2.24, 2.45) is 0 Å². The van der Waals surface area contributed by atoms with Crippen molar-refractivity contribution in [2.45, 2.75) is 19.3 Å². The van der Waals surface area contributed by atoms with Crippen LogP contribution in [0.1, 0.15) is 25.0 Å². The molecule has 3 nitrogen and oxygen atoms in total. The highest BCUT2D eigenvalue weighted by Gasteiger charge is 2.38. The summed E-state index contributed by atoms with van der Waals surface area (Å²) in [4.78, 5) is 8.97. The summed E-state index contributed by atoms with van der Waals surface area (Å²) in [5, 5.41) is 4.70. The average Bonchev–Trinajstić information content (AvgIpc) is 3.15. The fourth-order valence-corrected chi connectivity index (χ4v) is 4.63. The van der Waals surface area contributed by atoms with Crippen LogP contribution >= 0.6 is 0 Å². The second kappa shape index (κ2) is 4.50. The Morgan fingerprint density at radius 2 is 1.73 bits per heavy atom. The van der Waals surface area contributed by atoms with Gasteiger partial charge in [0.15, 0.2) is 0 Å². The zero-order chi connectivity index (χ0) is 17.5. The van der Waals surface area contributed by atoms with Crippen LogP contribution in [0.15, 0.2) is 65.5 Å². The second-order valence-electron chi connectivity index (χ2n) is 7.52. The number of rotatable bonds is 0. The van der Waals surface area contributed by atoms with Crippen LogP contribution in [-0.4, -0.2) is 9.97 Å². The van der Waals surface area contributed by atoms with Crippen molar-refractivity contribution >= 4 is 32.7 Å². The first kappa shape index (κ1) is 14.0. The number of hydrogen-bond acceptors (Lipinski definition) is 3. The molecule has 124 valence electrons. The normalized spacial score (nSPS) is 14.8. The lowest BCUT2D eigenvalue weighted by atomic mass is 9.80. The Hall–Kier alpha value is -3.20. The fraction of sp³-hybridized carbons (Fsp3) is 0.130. The monoisotopic (exact) mass is 336 g/mol. The Kier molecular flexibility index (Phi) is 2.42. The Morgan fingerprint density at radius 1 is 0.885 bits per heavy atom. The van der Waals surface area contributed by atoms with E-state index in [9.17, 15) is 0 Å². The number of fused-ring (bicyclic) bond motifs is 9. The van der Waals surface area contributed by atoms with Gasteiger partial charge < -0.3 is 4.42 Å². The van der Waals surface area contributed by atoms with Gasteiger partial charge in [-0.1, -0.05) is 19.9 Å². The summed E-state index contributed by atoms with van der Waals surface area (Å²) in [6.45, 7) is 4.56. The van der Waals surface area contributed by atoms with Crippen molar-refractivity contribution < 1.29 is 4.42 Å². The predicted octanol–water partition coefficient (Wildman–Crippen LogP) is 5.84. The maximum atomic E-state index is 6.24. The molecule has 0 saturated carbocycles. The summed E-state index contributed by atoms with van der Waals surface area (Å²) in [7, 11) is 0. The molecule has 0 bridgehead atoms. The third kappa shape index (κ3) is 1.54. The standard InChI is InChI=1S/C23H16N2O/c1-23(2)16-4-3-10-25-22(16)15-6-8-18-20(21(15)23)19-14-9-11-24-12-13(14)5-7-17(19)26-18/h3-12H,1-2H3. The van der Waals surface area contributed by atoms with Crippen LogP contribution in [0.3, 0.4) is 0 Å². The van der Waals surface area contributed by atoms with Crippen LogP contribution in [0.25, 0.3) is 44.0 Å². The summed E-state index contributed by atoms with van der Waals surface area (Å²) < 4.78 is 6.24. The maximum Gasteiger partial charge on any atom is 0.136 e. The van der Waals surface area contributed by atoms with Crippen molar-refractivity contribution in [3.8, 4) is 11.3 Å². The van der Waals surface area contributed by atoms with Gasteiger partial charge in [-0.05, 0) is 52.9 Å². The molecule has 0 unspecified atom stereocenters. The molecular weight excluding hydrogens is 320 g/mol. The van der Waals surface area contributed by atoms with E-state index in [-0.39, 0.29) is 5.41 Å². The zero-order valence-electron chi connectivity index (χ0n) is 14.6. The van der Waals surface area contributed by atoms with E-state index in [0.717, 1.165) is 22.2 Å². The minimum atomic E-state index is -0.121. The van der Waals surface area contributed by atoms with Gasteiger partial charge in [-0.25, -0.2) is 0 Å². The number of hydrogen-bond donors (Lipinski definition) is 0. The van der Waals surface area contributed by atoms with Crippen LogP contribution in [-0.2, 0) is 5.41 Å². The molecule has 26 heavy (non-hydrogen) atoms. The molecule has 0 saturated heterocycles. The molecular formula is C23H16N2O. The highest BCUT2D eigenvalue weighted by Crippen LogP contribution is 2.52. The molecule has 0 N–H and O–H groups in total. The van der Waals surface area contributed by atoms with E-state index in [1.54, 1.807) is 0 Å². The molecule has 1 aliphatic rings. The van der Waals surface area contributed by atoms with Gasteiger partial charge in [-0.3, -0.25) is 9.97 Å². The Morgan fingerprint density at radius 3 is 2.65 bits per heavy atom. The van der Waals surface area contributed by atoms with Gasteiger partial charge >= 0.3 is 0 Å². The van der Waals surface area contributed by atoms with Crippen molar-refractivity contribution in [3.63, 3.8) is 0 Å². The maximum absolute atomic E-state index is 6.24. The van der Waals surface area contributed by atoms with E-state index in [1.807, 2.05) is 24.7 Å². The van der Waals surface area contributed by atoms with Crippen molar-refractivity contribution in [1.82, 2.24) is 9.97 Å². The van der Waals surface area contributed by atoms with Crippen molar-refractivity contribution in [3.05, 3.63) is 72.2 Å². The lowest BCUT2D eigenvalue weighted by molar-refractivity contribution is 0.656. The summed E-state index contributed by atoms with van der Waals surface area (Å²) in [5.74, 6) is 0. The molecule has 0 fully saturated rings. The fourth-order valence-electron chi connectivity index (χ4n) is 4.63. The first-order chi connectivity index (χ1) is 12.7. The van der Waals surface area contributed by atoms with E-state index in [4.69, 9.17) is 4.42 Å². The summed E-state index contributed by atoms with van der Waals surface area (Å²) in [6.07, 6.45) is 5.65. The summed E-state index contributed by atoms with van der Waals surface area (Å²) in [5.41, 5.74) is 6.63. The molecule has 3 heterocycles. The predicted molar refractivity (Wildman–Crippen MR) is 104 cm³/mol. The van der Waals surface area contributed by atoms with E-state index in [1.165, 1.54) is 32.8 Å². The van der Waals surface area contributed by atoms with Gasteiger partial charge in [-0.2, -0.15) is 0 Å². The lowest BCUT2D eigenvalue weighted by Crippen LogP contribution is -2.15. The second-order valence-corrected chi connectivity index (χ2v) is 7.52. The third-order valence-electron chi connectivity index (χ3n) is 5.78. The number of aromatic nitrogens is 2. The molecule has 0 aliphatic heterocycles. The number of furan rings is 1. The van der Waals surface area contributed by atoms with Crippen LogP contribution in [0.2, 0.25) is 0 Å². The highest BCUT2D eigenvalue weighted by molar-refractivity contribution is 6.21. The molecule has 6 rings (SSSR count). The Balaban J connectivity index is 1.89. The molecule has 2 aromatic carbocycles. The zero-order valence-corrected chi connectivity index (χ0v) is 14.6.